The van der Waals surface area contributed by atoms with Crippen molar-refractivity contribution in [1.82, 2.24) is 10.1 Å². The van der Waals surface area contributed by atoms with Gasteiger partial charge in [0.05, 0.1) is 30.0 Å². The smallest absolute Gasteiger partial charge is 0.417 e. The Labute approximate surface area is 145 Å². The largest absolute Gasteiger partial charge is 0.497 e. The molecule has 0 aliphatic carbocycles. The Balaban J connectivity index is 1.89. The summed E-state index contributed by atoms with van der Waals surface area (Å²) in [7, 11) is 1.52. The molecule has 134 valence electrons. The highest BCUT2D eigenvalue weighted by Gasteiger charge is 2.35. The number of carbonyl (C=O) groups excluding carboxylic acids is 1. The second-order valence-corrected chi connectivity index (χ2v) is 5.17. The summed E-state index contributed by atoms with van der Waals surface area (Å²) in [4.78, 5) is 15.9. The van der Waals surface area contributed by atoms with Crippen LogP contribution in [0.3, 0.4) is 0 Å². The third-order valence-corrected chi connectivity index (χ3v) is 3.57. The molecule has 0 unspecified atom stereocenters. The van der Waals surface area contributed by atoms with E-state index in [0.717, 1.165) is 18.5 Å². The Morgan fingerprint density at radius 3 is 2.54 bits per heavy atom. The molecule has 0 saturated carbocycles. The van der Waals surface area contributed by atoms with Crippen LogP contribution in [0.1, 0.15) is 15.9 Å². The van der Waals surface area contributed by atoms with E-state index in [4.69, 9.17) is 9.26 Å². The number of nitrogens with one attached hydrogen (secondary N) is 1. The van der Waals surface area contributed by atoms with E-state index in [9.17, 15) is 18.0 Å². The normalized spacial score (nSPS) is 11.2. The number of benzene rings is 1. The van der Waals surface area contributed by atoms with Gasteiger partial charge in [0.25, 0.3) is 5.91 Å². The predicted octanol–water partition coefficient (Wildman–Crippen LogP) is 4.02. The van der Waals surface area contributed by atoms with Crippen LogP contribution >= 0.6 is 0 Å². The zero-order valence-electron chi connectivity index (χ0n) is 13.4. The van der Waals surface area contributed by atoms with E-state index < -0.39 is 23.2 Å². The number of halogens is 3. The summed E-state index contributed by atoms with van der Waals surface area (Å²) < 4.78 is 49.2. The number of amides is 1. The molecule has 0 atom stereocenters. The number of rotatable bonds is 4. The number of anilines is 1. The lowest BCUT2D eigenvalue weighted by Crippen LogP contribution is -2.19. The Hall–Kier alpha value is -3.36. The van der Waals surface area contributed by atoms with Gasteiger partial charge in [-0.05, 0) is 23.8 Å². The maximum absolute atomic E-state index is 13.0. The van der Waals surface area contributed by atoms with Gasteiger partial charge in [-0.3, -0.25) is 15.1 Å². The number of hydrogen-bond donors (Lipinski definition) is 1. The summed E-state index contributed by atoms with van der Waals surface area (Å²) in [6.45, 7) is 0. The van der Waals surface area contributed by atoms with Gasteiger partial charge in [-0.15, -0.1) is 0 Å². The maximum Gasteiger partial charge on any atom is 0.417 e. The number of alkyl halides is 3. The first-order chi connectivity index (χ1) is 12.4. The van der Waals surface area contributed by atoms with Gasteiger partial charge in [0.15, 0.2) is 0 Å². The minimum absolute atomic E-state index is 0.0721. The van der Waals surface area contributed by atoms with Crippen LogP contribution in [0, 0.1) is 0 Å². The molecule has 2 heterocycles. The van der Waals surface area contributed by atoms with Crippen LogP contribution in [0.4, 0.5) is 19.1 Å². The van der Waals surface area contributed by atoms with E-state index in [1.54, 1.807) is 24.3 Å². The van der Waals surface area contributed by atoms with E-state index in [-0.39, 0.29) is 5.88 Å². The minimum Gasteiger partial charge on any atom is -0.497 e. The second-order valence-electron chi connectivity index (χ2n) is 5.17. The van der Waals surface area contributed by atoms with Crippen molar-refractivity contribution in [1.29, 1.82) is 0 Å². The summed E-state index contributed by atoms with van der Waals surface area (Å²) in [5, 5.41) is 5.91. The van der Waals surface area contributed by atoms with Crippen molar-refractivity contribution in [3.8, 4) is 16.9 Å². The molecule has 9 heteroatoms. The molecule has 26 heavy (non-hydrogen) atoms. The van der Waals surface area contributed by atoms with Crippen molar-refractivity contribution in [2.75, 3.05) is 12.4 Å². The van der Waals surface area contributed by atoms with Gasteiger partial charge in [0.1, 0.15) is 5.75 Å². The van der Waals surface area contributed by atoms with Crippen molar-refractivity contribution >= 4 is 11.8 Å². The second kappa shape index (κ2) is 6.87. The average molecular weight is 363 g/mol. The van der Waals surface area contributed by atoms with Crippen molar-refractivity contribution in [2.45, 2.75) is 6.18 Å². The SMILES string of the molecule is COc1ccc(-c2cnoc2NC(=O)c2cnccc2C(F)(F)F)cc1. The molecule has 1 aromatic carbocycles. The number of nitrogens with zero attached hydrogens (tertiary/aromatic N) is 2. The molecule has 0 spiro atoms. The molecule has 1 N–H and O–H groups in total. The van der Waals surface area contributed by atoms with Crippen LogP contribution in [0.5, 0.6) is 5.75 Å². The highest BCUT2D eigenvalue weighted by Crippen LogP contribution is 2.33. The summed E-state index contributed by atoms with van der Waals surface area (Å²) >= 11 is 0. The number of carbonyl (C=O) groups is 1. The zero-order valence-corrected chi connectivity index (χ0v) is 13.4. The lowest BCUT2D eigenvalue weighted by molar-refractivity contribution is -0.138. The average Bonchev–Trinajstić information content (AvgIpc) is 3.09. The molecular formula is C17H12F3N3O3. The monoisotopic (exact) mass is 363 g/mol. The third-order valence-electron chi connectivity index (χ3n) is 3.57. The third kappa shape index (κ3) is 3.51. The van der Waals surface area contributed by atoms with Crippen LogP contribution in [0.25, 0.3) is 11.1 Å². The number of methoxy groups -OCH3 is 1. The van der Waals surface area contributed by atoms with Crippen LogP contribution in [-0.4, -0.2) is 23.2 Å². The molecule has 0 aliphatic rings. The van der Waals surface area contributed by atoms with Crippen molar-refractivity contribution in [2.24, 2.45) is 0 Å². The Bertz CT molecular complexity index is 921. The van der Waals surface area contributed by atoms with Gasteiger partial charge in [-0.1, -0.05) is 17.3 Å². The van der Waals surface area contributed by atoms with E-state index in [2.05, 4.69) is 15.5 Å². The molecule has 3 aromatic rings. The Morgan fingerprint density at radius 1 is 1.15 bits per heavy atom. The van der Waals surface area contributed by atoms with Gasteiger partial charge >= 0.3 is 6.18 Å². The van der Waals surface area contributed by atoms with Crippen LogP contribution in [-0.2, 0) is 6.18 Å². The maximum atomic E-state index is 13.0. The zero-order chi connectivity index (χ0) is 18.7. The highest BCUT2D eigenvalue weighted by atomic mass is 19.4. The lowest BCUT2D eigenvalue weighted by atomic mass is 10.1. The quantitative estimate of drug-likeness (QED) is 0.758. The van der Waals surface area contributed by atoms with E-state index in [1.807, 2.05) is 0 Å². The van der Waals surface area contributed by atoms with Crippen molar-refractivity contribution in [3.05, 3.63) is 60.0 Å². The molecule has 1 amide bonds. The first-order valence-electron chi connectivity index (χ1n) is 7.32. The minimum atomic E-state index is -4.68. The van der Waals surface area contributed by atoms with Gasteiger partial charge in [-0.25, -0.2) is 0 Å². The summed E-state index contributed by atoms with van der Waals surface area (Å²) in [6, 6.07) is 7.52. The van der Waals surface area contributed by atoms with Crippen molar-refractivity contribution in [3.63, 3.8) is 0 Å². The molecule has 0 radical (unpaired) electrons. The first kappa shape index (κ1) is 17.5. The van der Waals surface area contributed by atoms with Crippen LogP contribution < -0.4 is 10.1 Å². The molecule has 2 aromatic heterocycles. The topological polar surface area (TPSA) is 77.3 Å². The van der Waals surface area contributed by atoms with E-state index in [0.29, 0.717) is 16.9 Å². The molecule has 0 bridgehead atoms. The van der Waals surface area contributed by atoms with Gasteiger partial charge in [-0.2, -0.15) is 13.2 Å². The van der Waals surface area contributed by atoms with E-state index >= 15 is 0 Å². The van der Waals surface area contributed by atoms with Crippen LogP contribution in [0.2, 0.25) is 0 Å². The Morgan fingerprint density at radius 2 is 1.88 bits per heavy atom. The fourth-order valence-corrected chi connectivity index (χ4v) is 2.30. The molecular weight excluding hydrogens is 351 g/mol. The van der Waals surface area contributed by atoms with E-state index in [1.165, 1.54) is 13.3 Å². The van der Waals surface area contributed by atoms with Crippen LogP contribution in [0.15, 0.2) is 53.4 Å². The number of aromatic nitrogens is 2. The van der Waals surface area contributed by atoms with Gasteiger partial charge in [0.2, 0.25) is 5.88 Å². The fourth-order valence-electron chi connectivity index (χ4n) is 2.30. The standard InChI is InChI=1S/C17H12F3N3O3/c1-25-11-4-2-10(3-5-11)12-9-22-26-16(12)23-15(24)13-8-21-7-6-14(13)17(18,19)20/h2-9H,1H3,(H,23,24). The number of ether oxygens (including phenoxy) is 1. The number of pyridine rings is 1. The van der Waals surface area contributed by atoms with Crippen molar-refractivity contribution < 1.29 is 27.2 Å². The molecule has 0 fully saturated rings. The molecule has 3 rings (SSSR count). The molecule has 0 saturated heterocycles. The Kier molecular flexibility index (Phi) is 4.61. The molecule has 6 nitrogen and oxygen atoms in total. The lowest BCUT2D eigenvalue weighted by Gasteiger charge is -2.11. The molecule has 0 aliphatic heterocycles. The summed E-state index contributed by atoms with van der Waals surface area (Å²) in [5.41, 5.74) is -0.643. The van der Waals surface area contributed by atoms with Gasteiger partial charge in [0, 0.05) is 12.4 Å². The predicted molar refractivity (Wildman–Crippen MR) is 85.7 cm³/mol. The van der Waals surface area contributed by atoms with Gasteiger partial charge < -0.3 is 9.26 Å². The fraction of sp³-hybridized carbons (Fsp3) is 0.118. The summed E-state index contributed by atoms with van der Waals surface area (Å²) in [5.74, 6) is -0.449. The highest BCUT2D eigenvalue weighted by molar-refractivity contribution is 6.06. The first-order valence-corrected chi connectivity index (χ1v) is 7.32. The summed E-state index contributed by atoms with van der Waals surface area (Å²) in [6.07, 6.45) is -1.51. The number of hydrogen-bond acceptors (Lipinski definition) is 5.